The maximum Gasteiger partial charge on any atom is 0.262 e. The molecule has 0 spiro atoms. The molecule has 1 amide bonds. The van der Waals surface area contributed by atoms with Crippen LogP contribution in [-0.2, 0) is 17.6 Å². The molecule has 0 aliphatic heterocycles. The molecule has 0 unspecified atom stereocenters. The van der Waals surface area contributed by atoms with Crippen LogP contribution in [0.2, 0.25) is 0 Å². The Kier molecular flexibility index (Phi) is 5.01. The molecular formula is C19H20BrNO2. The number of halogens is 1. The summed E-state index contributed by atoms with van der Waals surface area (Å²) < 4.78 is 6.80. The molecule has 1 N–H and O–H groups in total. The fourth-order valence-corrected chi connectivity index (χ4v) is 3.19. The van der Waals surface area contributed by atoms with E-state index in [9.17, 15) is 4.79 Å². The quantitative estimate of drug-likeness (QED) is 0.846. The molecule has 0 atom stereocenters. The smallest absolute Gasteiger partial charge is 0.262 e. The summed E-state index contributed by atoms with van der Waals surface area (Å²) in [5.74, 6) is 0.712. The van der Waals surface area contributed by atoms with Gasteiger partial charge in [0.15, 0.2) is 6.61 Å². The number of anilines is 1. The molecule has 23 heavy (non-hydrogen) atoms. The van der Waals surface area contributed by atoms with Gasteiger partial charge in [-0.2, -0.15) is 0 Å². The van der Waals surface area contributed by atoms with Gasteiger partial charge in [-0.15, -0.1) is 0 Å². The van der Waals surface area contributed by atoms with Crippen LogP contribution < -0.4 is 10.1 Å². The number of hydrogen-bond donors (Lipinski definition) is 1. The zero-order valence-electron chi connectivity index (χ0n) is 13.2. The minimum atomic E-state index is -0.139. The number of nitrogens with one attached hydrogen (secondary N) is 1. The van der Waals surface area contributed by atoms with E-state index in [1.807, 2.05) is 37.3 Å². The number of carbonyl (C=O) groups is 1. The van der Waals surface area contributed by atoms with Crippen molar-refractivity contribution < 1.29 is 9.53 Å². The predicted octanol–water partition coefficient (Wildman–Crippen LogP) is 4.65. The number of ether oxygens (including phenoxy) is 1. The van der Waals surface area contributed by atoms with Gasteiger partial charge >= 0.3 is 0 Å². The van der Waals surface area contributed by atoms with Crippen LogP contribution in [-0.4, -0.2) is 12.5 Å². The lowest BCUT2D eigenvalue weighted by Gasteiger charge is -2.19. The second-order valence-corrected chi connectivity index (χ2v) is 6.76. The molecule has 0 radical (unpaired) electrons. The molecule has 2 aromatic rings. The standard InChI is InChI=1S/C19H20BrNO2/c1-13-11-15(9-10-17(13)20)21-19(22)12-23-18-8-4-6-14-5-2-3-7-16(14)18/h4,6,8-11H,2-3,5,7,12H2,1H3,(H,21,22). The third-order valence-electron chi connectivity index (χ3n) is 4.15. The summed E-state index contributed by atoms with van der Waals surface area (Å²) in [6, 6.07) is 11.9. The fourth-order valence-electron chi connectivity index (χ4n) is 2.94. The Morgan fingerprint density at radius 1 is 1.22 bits per heavy atom. The van der Waals surface area contributed by atoms with Crippen molar-refractivity contribution >= 4 is 27.5 Å². The monoisotopic (exact) mass is 373 g/mol. The Morgan fingerprint density at radius 3 is 2.87 bits per heavy atom. The number of rotatable bonds is 4. The van der Waals surface area contributed by atoms with Crippen molar-refractivity contribution in [1.82, 2.24) is 0 Å². The van der Waals surface area contributed by atoms with Gasteiger partial charge in [0.2, 0.25) is 0 Å². The lowest BCUT2D eigenvalue weighted by Crippen LogP contribution is -2.21. The summed E-state index contributed by atoms with van der Waals surface area (Å²) in [6.07, 6.45) is 4.58. The average molecular weight is 374 g/mol. The highest BCUT2D eigenvalue weighted by molar-refractivity contribution is 9.10. The molecule has 2 aromatic carbocycles. The Balaban J connectivity index is 1.62. The van der Waals surface area contributed by atoms with Crippen molar-refractivity contribution in [3.8, 4) is 5.75 Å². The first-order chi connectivity index (χ1) is 11.1. The molecule has 0 saturated carbocycles. The van der Waals surface area contributed by atoms with Crippen LogP contribution in [0.25, 0.3) is 0 Å². The number of benzene rings is 2. The molecule has 1 aliphatic carbocycles. The maximum absolute atomic E-state index is 12.1. The highest BCUT2D eigenvalue weighted by atomic mass is 79.9. The number of hydrogen-bond acceptors (Lipinski definition) is 2. The molecule has 0 heterocycles. The van der Waals surface area contributed by atoms with Crippen LogP contribution in [0.3, 0.4) is 0 Å². The zero-order chi connectivity index (χ0) is 16.2. The predicted molar refractivity (Wildman–Crippen MR) is 96.1 cm³/mol. The van der Waals surface area contributed by atoms with Crippen molar-refractivity contribution in [1.29, 1.82) is 0 Å². The van der Waals surface area contributed by atoms with Gasteiger partial charge in [0, 0.05) is 10.2 Å². The largest absolute Gasteiger partial charge is 0.483 e. The first-order valence-corrected chi connectivity index (χ1v) is 8.72. The van der Waals surface area contributed by atoms with Crippen LogP contribution in [0.1, 0.15) is 29.5 Å². The zero-order valence-corrected chi connectivity index (χ0v) is 14.8. The van der Waals surface area contributed by atoms with E-state index in [0.717, 1.165) is 34.3 Å². The van der Waals surface area contributed by atoms with E-state index in [2.05, 4.69) is 27.3 Å². The van der Waals surface area contributed by atoms with Crippen molar-refractivity contribution in [2.24, 2.45) is 0 Å². The van der Waals surface area contributed by atoms with Gasteiger partial charge in [-0.05, 0) is 73.6 Å². The maximum atomic E-state index is 12.1. The Morgan fingerprint density at radius 2 is 2.04 bits per heavy atom. The number of amides is 1. The van der Waals surface area contributed by atoms with Gasteiger partial charge in [-0.25, -0.2) is 0 Å². The molecular weight excluding hydrogens is 354 g/mol. The molecule has 3 nitrogen and oxygen atoms in total. The third kappa shape index (κ3) is 3.94. The van der Waals surface area contributed by atoms with Crippen molar-refractivity contribution in [3.05, 3.63) is 57.6 Å². The second-order valence-electron chi connectivity index (χ2n) is 5.90. The van der Waals surface area contributed by atoms with Crippen LogP contribution in [0, 0.1) is 6.92 Å². The van der Waals surface area contributed by atoms with E-state index < -0.39 is 0 Å². The molecule has 0 saturated heterocycles. The van der Waals surface area contributed by atoms with Gasteiger partial charge in [-0.1, -0.05) is 28.1 Å². The third-order valence-corrected chi connectivity index (χ3v) is 5.04. The average Bonchev–Trinajstić information content (AvgIpc) is 2.56. The highest BCUT2D eigenvalue weighted by Crippen LogP contribution is 2.29. The van der Waals surface area contributed by atoms with E-state index in [1.54, 1.807) is 0 Å². The summed E-state index contributed by atoms with van der Waals surface area (Å²) in [7, 11) is 0. The number of fused-ring (bicyclic) bond motifs is 1. The van der Waals surface area contributed by atoms with E-state index in [1.165, 1.54) is 24.0 Å². The molecule has 0 fully saturated rings. The molecule has 3 rings (SSSR count). The Hall–Kier alpha value is -1.81. The minimum Gasteiger partial charge on any atom is -0.483 e. The van der Waals surface area contributed by atoms with E-state index >= 15 is 0 Å². The van der Waals surface area contributed by atoms with E-state index in [0.29, 0.717) is 0 Å². The number of aryl methyl sites for hydroxylation is 2. The first-order valence-electron chi connectivity index (χ1n) is 7.93. The van der Waals surface area contributed by atoms with Crippen LogP contribution in [0.5, 0.6) is 5.75 Å². The number of carbonyl (C=O) groups excluding carboxylic acids is 1. The lowest BCUT2D eigenvalue weighted by molar-refractivity contribution is -0.118. The summed E-state index contributed by atoms with van der Waals surface area (Å²) in [5, 5.41) is 2.88. The first kappa shape index (κ1) is 16.1. The Labute approximate surface area is 145 Å². The molecule has 0 aromatic heterocycles. The van der Waals surface area contributed by atoms with Crippen LogP contribution >= 0.6 is 15.9 Å². The van der Waals surface area contributed by atoms with E-state index in [4.69, 9.17) is 4.74 Å². The summed E-state index contributed by atoms with van der Waals surface area (Å²) in [5.41, 5.74) is 4.50. The second kappa shape index (κ2) is 7.18. The van der Waals surface area contributed by atoms with Crippen LogP contribution in [0.4, 0.5) is 5.69 Å². The van der Waals surface area contributed by atoms with Gasteiger partial charge in [0.25, 0.3) is 5.91 Å². The van der Waals surface area contributed by atoms with Gasteiger partial charge < -0.3 is 10.1 Å². The molecule has 4 heteroatoms. The molecule has 0 bridgehead atoms. The van der Waals surface area contributed by atoms with Gasteiger partial charge in [0.05, 0.1) is 0 Å². The fraction of sp³-hybridized carbons (Fsp3) is 0.316. The van der Waals surface area contributed by atoms with Crippen LogP contribution in [0.15, 0.2) is 40.9 Å². The van der Waals surface area contributed by atoms with Crippen molar-refractivity contribution in [2.75, 3.05) is 11.9 Å². The summed E-state index contributed by atoms with van der Waals surface area (Å²) in [6.45, 7) is 2.03. The van der Waals surface area contributed by atoms with Gasteiger partial charge in [-0.3, -0.25) is 4.79 Å². The summed E-state index contributed by atoms with van der Waals surface area (Å²) >= 11 is 3.45. The van der Waals surface area contributed by atoms with E-state index in [-0.39, 0.29) is 12.5 Å². The lowest BCUT2D eigenvalue weighted by atomic mass is 9.91. The Bertz CT molecular complexity index is 727. The SMILES string of the molecule is Cc1cc(NC(=O)COc2cccc3c2CCCC3)ccc1Br. The van der Waals surface area contributed by atoms with Crippen molar-refractivity contribution in [2.45, 2.75) is 32.6 Å². The highest BCUT2D eigenvalue weighted by Gasteiger charge is 2.14. The van der Waals surface area contributed by atoms with Gasteiger partial charge in [0.1, 0.15) is 5.75 Å². The van der Waals surface area contributed by atoms with Crippen molar-refractivity contribution in [3.63, 3.8) is 0 Å². The summed E-state index contributed by atoms with van der Waals surface area (Å²) in [4.78, 5) is 12.1. The molecule has 1 aliphatic rings. The topological polar surface area (TPSA) is 38.3 Å². The molecule has 120 valence electrons. The normalized spacial score (nSPS) is 13.3. The minimum absolute atomic E-state index is 0.0333.